The third-order valence-corrected chi connectivity index (χ3v) is 3.85. The van der Waals surface area contributed by atoms with Gasteiger partial charge < -0.3 is 9.64 Å². The number of amides is 1. The molecule has 0 saturated carbocycles. The molecule has 1 amide bonds. The summed E-state index contributed by atoms with van der Waals surface area (Å²) in [6, 6.07) is 17.7. The predicted molar refractivity (Wildman–Crippen MR) is 83.6 cm³/mol. The molecule has 0 N–H and O–H groups in total. The first kappa shape index (κ1) is 13.7. The quantitative estimate of drug-likeness (QED) is 0.862. The summed E-state index contributed by atoms with van der Waals surface area (Å²) in [6.07, 6.45) is 0.404. The first-order valence-electron chi connectivity index (χ1n) is 7.29. The van der Waals surface area contributed by atoms with E-state index < -0.39 is 6.10 Å². The van der Waals surface area contributed by atoms with Crippen LogP contribution in [-0.4, -0.2) is 18.1 Å². The highest BCUT2D eigenvalue weighted by molar-refractivity contribution is 5.99. The Hall–Kier alpha value is -2.29. The molecule has 3 nitrogen and oxygen atoms in total. The van der Waals surface area contributed by atoms with Gasteiger partial charge in [-0.1, -0.05) is 36.4 Å². The van der Waals surface area contributed by atoms with Crippen LogP contribution in [-0.2, 0) is 11.2 Å². The fourth-order valence-electron chi connectivity index (χ4n) is 2.85. The number of benzene rings is 2. The fraction of sp³-hybridized carbons (Fsp3) is 0.278. The highest BCUT2D eigenvalue weighted by atomic mass is 16.5. The number of hydrogen-bond acceptors (Lipinski definition) is 2. The van der Waals surface area contributed by atoms with Crippen molar-refractivity contribution < 1.29 is 9.53 Å². The molecule has 0 radical (unpaired) electrons. The standard InChI is InChI=1S/C18H19NO2/c1-13-12-15-8-6-7-11-17(15)19(13)18(20)14(2)21-16-9-4-3-5-10-16/h3-11,13-14H,12H2,1-2H3/t13-,14-/m1/s1. The van der Waals surface area contributed by atoms with Crippen LogP contribution in [0, 0.1) is 0 Å². The molecule has 21 heavy (non-hydrogen) atoms. The molecular formula is C18H19NO2. The van der Waals surface area contributed by atoms with Crippen LogP contribution in [0.4, 0.5) is 5.69 Å². The van der Waals surface area contributed by atoms with Crippen molar-refractivity contribution in [3.05, 3.63) is 60.2 Å². The summed E-state index contributed by atoms with van der Waals surface area (Å²) in [4.78, 5) is 14.6. The first-order valence-corrected chi connectivity index (χ1v) is 7.29. The smallest absolute Gasteiger partial charge is 0.268 e. The van der Waals surface area contributed by atoms with E-state index in [1.807, 2.05) is 60.4 Å². The van der Waals surface area contributed by atoms with E-state index in [2.05, 4.69) is 13.0 Å². The Morgan fingerprint density at radius 1 is 1.14 bits per heavy atom. The molecule has 1 heterocycles. The molecule has 0 fully saturated rings. The van der Waals surface area contributed by atoms with E-state index in [0.29, 0.717) is 0 Å². The van der Waals surface area contributed by atoms with Crippen molar-refractivity contribution in [3.8, 4) is 5.75 Å². The lowest BCUT2D eigenvalue weighted by Crippen LogP contribution is -2.43. The number of fused-ring (bicyclic) bond motifs is 1. The first-order chi connectivity index (χ1) is 10.2. The Kier molecular flexibility index (Phi) is 3.65. The third kappa shape index (κ3) is 2.64. The van der Waals surface area contributed by atoms with Gasteiger partial charge >= 0.3 is 0 Å². The molecule has 0 saturated heterocycles. The van der Waals surface area contributed by atoms with Gasteiger partial charge in [-0.25, -0.2) is 0 Å². The minimum atomic E-state index is -0.499. The molecule has 108 valence electrons. The Balaban J connectivity index is 1.79. The maximum atomic E-state index is 12.7. The highest BCUT2D eigenvalue weighted by Crippen LogP contribution is 2.32. The molecule has 1 aliphatic heterocycles. The molecule has 3 rings (SSSR count). The second-order valence-electron chi connectivity index (χ2n) is 5.46. The van der Waals surface area contributed by atoms with Crippen molar-refractivity contribution in [2.75, 3.05) is 4.90 Å². The molecule has 2 aromatic rings. The minimum absolute atomic E-state index is 0.0105. The Bertz CT molecular complexity index is 639. The van der Waals surface area contributed by atoms with Crippen molar-refractivity contribution in [2.24, 2.45) is 0 Å². The van der Waals surface area contributed by atoms with Crippen LogP contribution >= 0.6 is 0 Å². The zero-order valence-electron chi connectivity index (χ0n) is 12.3. The average Bonchev–Trinajstić information content (AvgIpc) is 2.83. The molecule has 0 spiro atoms. The summed E-state index contributed by atoms with van der Waals surface area (Å²) in [5.41, 5.74) is 2.24. The van der Waals surface area contributed by atoms with Crippen molar-refractivity contribution in [2.45, 2.75) is 32.4 Å². The van der Waals surface area contributed by atoms with E-state index >= 15 is 0 Å². The zero-order chi connectivity index (χ0) is 14.8. The fourth-order valence-corrected chi connectivity index (χ4v) is 2.85. The second-order valence-corrected chi connectivity index (χ2v) is 5.46. The summed E-state index contributed by atoms with van der Waals surface area (Å²) in [5.74, 6) is 0.731. The van der Waals surface area contributed by atoms with E-state index in [1.165, 1.54) is 5.56 Å². The molecule has 0 bridgehead atoms. The molecule has 0 unspecified atom stereocenters. The molecule has 0 aromatic heterocycles. The number of carbonyl (C=O) groups excluding carboxylic acids is 1. The summed E-state index contributed by atoms with van der Waals surface area (Å²) in [7, 11) is 0. The van der Waals surface area contributed by atoms with Crippen LogP contribution in [0.2, 0.25) is 0 Å². The van der Waals surface area contributed by atoms with E-state index in [-0.39, 0.29) is 11.9 Å². The summed E-state index contributed by atoms with van der Waals surface area (Å²) < 4.78 is 5.76. The number of para-hydroxylation sites is 2. The maximum absolute atomic E-state index is 12.7. The number of anilines is 1. The van der Waals surface area contributed by atoms with Gasteiger partial charge in [-0.2, -0.15) is 0 Å². The molecular weight excluding hydrogens is 262 g/mol. The SMILES string of the molecule is C[C@@H]1Cc2ccccc2N1C(=O)[C@@H](C)Oc1ccccc1. The van der Waals surface area contributed by atoms with Gasteiger partial charge in [0.05, 0.1) is 0 Å². The summed E-state index contributed by atoms with van der Waals surface area (Å²) in [5, 5.41) is 0. The lowest BCUT2D eigenvalue weighted by atomic mass is 10.1. The second kappa shape index (κ2) is 5.60. The Morgan fingerprint density at radius 3 is 2.57 bits per heavy atom. The van der Waals surface area contributed by atoms with Gasteiger partial charge in [-0.05, 0) is 44.0 Å². The van der Waals surface area contributed by atoms with Crippen LogP contribution in [0.5, 0.6) is 5.75 Å². The lowest BCUT2D eigenvalue weighted by Gasteiger charge is -2.26. The topological polar surface area (TPSA) is 29.5 Å². The van der Waals surface area contributed by atoms with Crippen molar-refractivity contribution in [3.63, 3.8) is 0 Å². The molecule has 2 aromatic carbocycles. The normalized spacial score (nSPS) is 18.2. The largest absolute Gasteiger partial charge is 0.481 e. The van der Waals surface area contributed by atoms with Crippen LogP contribution in [0.25, 0.3) is 0 Å². The lowest BCUT2D eigenvalue weighted by molar-refractivity contribution is -0.124. The van der Waals surface area contributed by atoms with E-state index in [9.17, 15) is 4.79 Å². The van der Waals surface area contributed by atoms with Gasteiger partial charge in [0.15, 0.2) is 6.10 Å². The summed E-state index contributed by atoms with van der Waals surface area (Å²) >= 11 is 0. The Morgan fingerprint density at radius 2 is 1.81 bits per heavy atom. The van der Waals surface area contributed by atoms with Crippen LogP contribution in [0.1, 0.15) is 19.4 Å². The third-order valence-electron chi connectivity index (χ3n) is 3.85. The van der Waals surface area contributed by atoms with Crippen LogP contribution < -0.4 is 9.64 Å². The van der Waals surface area contributed by atoms with Gasteiger partial charge in [0, 0.05) is 11.7 Å². The average molecular weight is 281 g/mol. The van der Waals surface area contributed by atoms with Gasteiger partial charge in [-0.3, -0.25) is 4.79 Å². The molecule has 1 aliphatic rings. The molecule has 3 heteroatoms. The van der Waals surface area contributed by atoms with Crippen molar-refractivity contribution in [1.82, 2.24) is 0 Å². The number of nitrogens with zero attached hydrogens (tertiary/aromatic N) is 1. The number of carbonyl (C=O) groups is 1. The van der Waals surface area contributed by atoms with Crippen molar-refractivity contribution >= 4 is 11.6 Å². The van der Waals surface area contributed by atoms with Crippen LogP contribution in [0.3, 0.4) is 0 Å². The maximum Gasteiger partial charge on any atom is 0.268 e. The van der Waals surface area contributed by atoms with E-state index in [1.54, 1.807) is 0 Å². The van der Waals surface area contributed by atoms with E-state index in [4.69, 9.17) is 4.74 Å². The highest BCUT2D eigenvalue weighted by Gasteiger charge is 2.33. The minimum Gasteiger partial charge on any atom is -0.481 e. The molecule has 0 aliphatic carbocycles. The monoisotopic (exact) mass is 281 g/mol. The molecule has 2 atom stereocenters. The number of hydrogen-bond donors (Lipinski definition) is 0. The van der Waals surface area contributed by atoms with Crippen molar-refractivity contribution in [1.29, 1.82) is 0 Å². The van der Waals surface area contributed by atoms with E-state index in [0.717, 1.165) is 17.9 Å². The number of rotatable bonds is 3. The summed E-state index contributed by atoms with van der Waals surface area (Å²) in [6.45, 7) is 3.89. The predicted octanol–water partition coefficient (Wildman–Crippen LogP) is 3.43. The number of ether oxygens (including phenoxy) is 1. The van der Waals surface area contributed by atoms with Crippen LogP contribution in [0.15, 0.2) is 54.6 Å². The van der Waals surface area contributed by atoms with Gasteiger partial charge in [0.1, 0.15) is 5.75 Å². The van der Waals surface area contributed by atoms with Gasteiger partial charge in [-0.15, -0.1) is 0 Å². The zero-order valence-corrected chi connectivity index (χ0v) is 12.3. The van der Waals surface area contributed by atoms with Gasteiger partial charge in [0.25, 0.3) is 5.91 Å². The Labute approximate surface area is 125 Å². The van der Waals surface area contributed by atoms with Gasteiger partial charge in [0.2, 0.25) is 0 Å².